The van der Waals surface area contributed by atoms with Crippen LogP contribution in [0, 0.1) is 0 Å². The predicted molar refractivity (Wildman–Crippen MR) is 113 cm³/mol. The van der Waals surface area contributed by atoms with E-state index < -0.39 is 0 Å². The molecule has 2 aromatic rings. The van der Waals surface area contributed by atoms with Crippen LogP contribution in [-0.4, -0.2) is 66.0 Å². The molecule has 2 N–H and O–H groups in total. The first-order valence-electron chi connectivity index (χ1n) is 10.3. The van der Waals surface area contributed by atoms with E-state index >= 15 is 0 Å². The molecule has 6 nitrogen and oxygen atoms in total. The van der Waals surface area contributed by atoms with Gasteiger partial charge in [0.05, 0.1) is 13.7 Å². The van der Waals surface area contributed by atoms with Gasteiger partial charge >= 0.3 is 0 Å². The Labute approximate surface area is 173 Å². The third-order valence-corrected chi connectivity index (χ3v) is 5.48. The Morgan fingerprint density at radius 2 is 1.90 bits per heavy atom. The van der Waals surface area contributed by atoms with Gasteiger partial charge in [-0.15, -0.1) is 0 Å². The molecule has 0 radical (unpaired) electrons. The van der Waals surface area contributed by atoms with Crippen molar-refractivity contribution in [2.75, 3.05) is 40.0 Å². The summed E-state index contributed by atoms with van der Waals surface area (Å²) in [5.41, 5.74) is 2.04. The Kier molecular flexibility index (Phi) is 7.75. The maximum Gasteiger partial charge on any atom is 0.123 e. The van der Waals surface area contributed by atoms with Gasteiger partial charge in [-0.1, -0.05) is 18.2 Å². The summed E-state index contributed by atoms with van der Waals surface area (Å²) in [6, 6.07) is 13.8. The molecule has 1 heterocycles. The Hall–Kier alpha value is -2.28. The number of aliphatic hydroxyl groups excluding tert-OH is 1. The Morgan fingerprint density at radius 1 is 1.07 bits per heavy atom. The standard InChI is InChI=1S/C23H32N2O4/c1-3-29-23-7-5-4-6-18(23)16-25-12-11-24(17-20(25)10-13-26)15-19-14-21(28-2)8-9-22(19)27/h4-9,14,20,26-27H,3,10-13,15-17H2,1-2H3. The molecule has 0 amide bonds. The van der Waals surface area contributed by atoms with E-state index in [0.717, 1.165) is 49.7 Å². The van der Waals surface area contributed by atoms with Gasteiger partial charge in [0.15, 0.2) is 0 Å². The number of ether oxygens (including phenoxy) is 2. The molecule has 1 saturated heterocycles. The Morgan fingerprint density at radius 3 is 2.66 bits per heavy atom. The first-order chi connectivity index (χ1) is 14.1. The molecule has 29 heavy (non-hydrogen) atoms. The smallest absolute Gasteiger partial charge is 0.123 e. The highest BCUT2D eigenvalue weighted by Crippen LogP contribution is 2.27. The van der Waals surface area contributed by atoms with E-state index in [4.69, 9.17) is 9.47 Å². The Bertz CT molecular complexity index is 783. The largest absolute Gasteiger partial charge is 0.508 e. The van der Waals surface area contributed by atoms with Gasteiger partial charge in [-0.3, -0.25) is 9.80 Å². The molecule has 0 saturated carbocycles. The van der Waals surface area contributed by atoms with Crippen LogP contribution < -0.4 is 9.47 Å². The SMILES string of the molecule is CCOc1ccccc1CN1CCN(Cc2cc(OC)ccc2O)CC1CCO. The van der Waals surface area contributed by atoms with Crippen LogP contribution >= 0.6 is 0 Å². The van der Waals surface area contributed by atoms with Crippen LogP contribution in [0.15, 0.2) is 42.5 Å². The summed E-state index contributed by atoms with van der Waals surface area (Å²) < 4.78 is 11.1. The van der Waals surface area contributed by atoms with Crippen LogP contribution in [0.4, 0.5) is 0 Å². The molecule has 1 aliphatic heterocycles. The molecule has 1 unspecified atom stereocenters. The molecule has 0 aromatic heterocycles. The second kappa shape index (κ2) is 10.5. The third kappa shape index (κ3) is 5.63. The lowest BCUT2D eigenvalue weighted by Crippen LogP contribution is -2.52. The van der Waals surface area contributed by atoms with Crippen molar-refractivity contribution in [2.24, 2.45) is 0 Å². The van der Waals surface area contributed by atoms with Crippen LogP contribution in [0.2, 0.25) is 0 Å². The first-order valence-corrected chi connectivity index (χ1v) is 10.3. The molecule has 6 heteroatoms. The number of methoxy groups -OCH3 is 1. The number of piperazine rings is 1. The zero-order valence-corrected chi connectivity index (χ0v) is 17.4. The van der Waals surface area contributed by atoms with Crippen molar-refractivity contribution >= 4 is 0 Å². The van der Waals surface area contributed by atoms with Crippen molar-refractivity contribution < 1.29 is 19.7 Å². The quantitative estimate of drug-likeness (QED) is 0.675. The predicted octanol–water partition coefficient (Wildman–Crippen LogP) is 2.87. The van der Waals surface area contributed by atoms with Crippen molar-refractivity contribution in [3.63, 3.8) is 0 Å². The molecule has 1 fully saturated rings. The van der Waals surface area contributed by atoms with Crippen LogP contribution in [-0.2, 0) is 13.1 Å². The maximum absolute atomic E-state index is 10.2. The van der Waals surface area contributed by atoms with E-state index in [1.54, 1.807) is 19.2 Å². The van der Waals surface area contributed by atoms with Gasteiger partial charge in [-0.05, 0) is 37.6 Å². The minimum atomic E-state index is 0.159. The van der Waals surface area contributed by atoms with Gasteiger partial charge in [0.2, 0.25) is 0 Å². The van der Waals surface area contributed by atoms with Crippen molar-refractivity contribution in [3.05, 3.63) is 53.6 Å². The lowest BCUT2D eigenvalue weighted by atomic mass is 10.1. The third-order valence-electron chi connectivity index (χ3n) is 5.48. The lowest BCUT2D eigenvalue weighted by Gasteiger charge is -2.41. The number of hydrogen-bond donors (Lipinski definition) is 2. The molecule has 0 aliphatic carbocycles. The molecule has 1 atom stereocenters. The van der Waals surface area contributed by atoms with Crippen LogP contribution in [0.3, 0.4) is 0 Å². The van der Waals surface area contributed by atoms with Gasteiger partial charge in [0, 0.05) is 56.5 Å². The number of phenols is 1. The zero-order valence-electron chi connectivity index (χ0n) is 17.4. The highest BCUT2D eigenvalue weighted by atomic mass is 16.5. The summed E-state index contributed by atoms with van der Waals surface area (Å²) in [6.45, 7) is 6.91. The number of benzene rings is 2. The van der Waals surface area contributed by atoms with Crippen molar-refractivity contribution in [1.82, 2.24) is 9.80 Å². The normalized spacial score (nSPS) is 18.0. The fourth-order valence-corrected chi connectivity index (χ4v) is 3.94. The van der Waals surface area contributed by atoms with E-state index in [1.807, 2.05) is 31.2 Å². The maximum atomic E-state index is 10.2. The molecule has 0 spiro atoms. The van der Waals surface area contributed by atoms with E-state index in [0.29, 0.717) is 13.2 Å². The fourth-order valence-electron chi connectivity index (χ4n) is 3.94. The molecule has 3 rings (SSSR count). The monoisotopic (exact) mass is 400 g/mol. The summed E-state index contributed by atoms with van der Waals surface area (Å²) in [5, 5.41) is 19.8. The highest BCUT2D eigenvalue weighted by molar-refractivity contribution is 5.39. The van der Waals surface area contributed by atoms with Crippen LogP contribution in [0.5, 0.6) is 17.2 Å². The van der Waals surface area contributed by atoms with Gasteiger partial charge in [-0.2, -0.15) is 0 Å². The van der Waals surface area contributed by atoms with Crippen molar-refractivity contribution in [2.45, 2.75) is 32.5 Å². The number of nitrogens with zero attached hydrogens (tertiary/aromatic N) is 2. The second-order valence-corrected chi connectivity index (χ2v) is 7.41. The molecule has 2 aromatic carbocycles. The molecule has 158 valence electrons. The van der Waals surface area contributed by atoms with Crippen molar-refractivity contribution in [1.29, 1.82) is 0 Å². The first kappa shape index (κ1) is 21.4. The van der Waals surface area contributed by atoms with E-state index in [1.165, 1.54) is 5.56 Å². The number of phenolic OH excluding ortho intramolecular Hbond substituents is 1. The number of aliphatic hydroxyl groups is 1. The number of hydrogen-bond acceptors (Lipinski definition) is 6. The molecular formula is C23H32N2O4. The van der Waals surface area contributed by atoms with E-state index in [-0.39, 0.29) is 18.4 Å². The summed E-state index contributed by atoms with van der Waals surface area (Å²) in [6.07, 6.45) is 0.720. The minimum absolute atomic E-state index is 0.159. The van der Waals surface area contributed by atoms with E-state index in [9.17, 15) is 10.2 Å². The minimum Gasteiger partial charge on any atom is -0.508 e. The summed E-state index contributed by atoms with van der Waals surface area (Å²) in [5.74, 6) is 1.97. The fraction of sp³-hybridized carbons (Fsp3) is 0.478. The highest BCUT2D eigenvalue weighted by Gasteiger charge is 2.27. The zero-order chi connectivity index (χ0) is 20.6. The summed E-state index contributed by atoms with van der Waals surface area (Å²) >= 11 is 0. The van der Waals surface area contributed by atoms with Gasteiger partial charge in [0.1, 0.15) is 17.2 Å². The summed E-state index contributed by atoms with van der Waals surface area (Å²) in [7, 11) is 1.63. The topological polar surface area (TPSA) is 65.4 Å². The van der Waals surface area contributed by atoms with Crippen molar-refractivity contribution in [3.8, 4) is 17.2 Å². The molecular weight excluding hydrogens is 368 g/mol. The average Bonchev–Trinajstić information content (AvgIpc) is 2.73. The second-order valence-electron chi connectivity index (χ2n) is 7.41. The van der Waals surface area contributed by atoms with Crippen LogP contribution in [0.1, 0.15) is 24.5 Å². The summed E-state index contributed by atoms with van der Waals surface area (Å²) in [4.78, 5) is 4.76. The van der Waals surface area contributed by atoms with Gasteiger partial charge in [0.25, 0.3) is 0 Å². The van der Waals surface area contributed by atoms with Gasteiger partial charge < -0.3 is 19.7 Å². The van der Waals surface area contributed by atoms with Gasteiger partial charge in [-0.25, -0.2) is 0 Å². The van der Waals surface area contributed by atoms with E-state index in [2.05, 4.69) is 15.9 Å². The average molecular weight is 401 g/mol. The van der Waals surface area contributed by atoms with Crippen LogP contribution in [0.25, 0.3) is 0 Å². The molecule has 0 bridgehead atoms. The number of aromatic hydroxyl groups is 1. The Balaban J connectivity index is 1.68. The lowest BCUT2D eigenvalue weighted by molar-refractivity contribution is 0.0490. The molecule has 1 aliphatic rings. The number of para-hydroxylation sites is 1. The number of rotatable bonds is 9.